The Balaban J connectivity index is 1.64. The Morgan fingerprint density at radius 1 is 0.967 bits per heavy atom. The van der Waals surface area contributed by atoms with Crippen molar-refractivity contribution in [2.75, 3.05) is 37.0 Å². The maximum absolute atomic E-state index is 13.1. The van der Waals surface area contributed by atoms with Crippen LogP contribution >= 0.6 is 0 Å². The number of rotatable bonds is 7. The van der Waals surface area contributed by atoms with Crippen LogP contribution in [0.4, 0.5) is 11.4 Å². The highest BCUT2D eigenvalue weighted by Crippen LogP contribution is 2.27. The van der Waals surface area contributed by atoms with Crippen LogP contribution < -0.4 is 9.80 Å². The van der Waals surface area contributed by atoms with Gasteiger partial charge in [-0.1, -0.05) is 43.7 Å². The van der Waals surface area contributed by atoms with Gasteiger partial charge in [-0.3, -0.25) is 9.69 Å². The largest absolute Gasteiger partial charge is 0.378 e. The van der Waals surface area contributed by atoms with Crippen molar-refractivity contribution >= 4 is 17.3 Å². The van der Waals surface area contributed by atoms with E-state index in [4.69, 9.17) is 0 Å². The average molecular weight is 408 g/mol. The molecule has 0 aliphatic carbocycles. The predicted octanol–water partition coefficient (Wildman–Crippen LogP) is 5.10. The molecule has 2 aromatic rings. The molecular formula is C26H37N3O. The lowest BCUT2D eigenvalue weighted by Gasteiger charge is -2.39. The quantitative estimate of drug-likeness (QED) is 0.638. The summed E-state index contributed by atoms with van der Waals surface area (Å²) >= 11 is 0. The fourth-order valence-corrected chi connectivity index (χ4v) is 4.20. The summed E-state index contributed by atoms with van der Waals surface area (Å²) in [6.07, 6.45) is 2.65. The maximum atomic E-state index is 13.1. The van der Waals surface area contributed by atoms with Crippen LogP contribution in [0.5, 0.6) is 0 Å². The molecule has 0 N–H and O–H groups in total. The number of aryl methyl sites for hydroxylation is 1. The Hall–Kier alpha value is -2.33. The Morgan fingerprint density at radius 3 is 2.07 bits per heavy atom. The zero-order chi connectivity index (χ0) is 21.7. The smallest absolute Gasteiger partial charge is 0.227 e. The number of anilines is 2. The van der Waals surface area contributed by atoms with Crippen LogP contribution in [-0.2, 0) is 11.3 Å². The van der Waals surface area contributed by atoms with Gasteiger partial charge in [0.25, 0.3) is 0 Å². The van der Waals surface area contributed by atoms with E-state index >= 15 is 0 Å². The van der Waals surface area contributed by atoms with Gasteiger partial charge in [0.15, 0.2) is 0 Å². The molecule has 0 bridgehead atoms. The molecule has 1 aliphatic rings. The van der Waals surface area contributed by atoms with E-state index in [1.807, 2.05) is 0 Å². The zero-order valence-electron chi connectivity index (χ0n) is 19.3. The van der Waals surface area contributed by atoms with Gasteiger partial charge in [0.1, 0.15) is 0 Å². The van der Waals surface area contributed by atoms with Gasteiger partial charge < -0.3 is 9.80 Å². The summed E-state index contributed by atoms with van der Waals surface area (Å²) in [5.41, 5.74) is 4.86. The van der Waals surface area contributed by atoms with Crippen LogP contribution in [0.2, 0.25) is 0 Å². The Morgan fingerprint density at radius 2 is 1.53 bits per heavy atom. The second-order valence-electron chi connectivity index (χ2n) is 9.27. The number of amides is 1. The molecule has 0 unspecified atom stereocenters. The molecule has 0 radical (unpaired) electrons. The van der Waals surface area contributed by atoms with Gasteiger partial charge >= 0.3 is 0 Å². The minimum absolute atomic E-state index is 0.256. The van der Waals surface area contributed by atoms with Crippen LogP contribution in [0.1, 0.15) is 44.2 Å². The van der Waals surface area contributed by atoms with Crippen LogP contribution in [0, 0.1) is 12.8 Å². The second-order valence-corrected chi connectivity index (χ2v) is 9.27. The molecule has 0 spiro atoms. The van der Waals surface area contributed by atoms with Gasteiger partial charge in [-0.05, 0) is 55.5 Å². The highest BCUT2D eigenvalue weighted by molar-refractivity contribution is 5.94. The minimum Gasteiger partial charge on any atom is -0.378 e. The minimum atomic E-state index is 0.256. The molecular weight excluding hydrogens is 370 g/mol. The molecule has 3 rings (SSSR count). The van der Waals surface area contributed by atoms with Crippen molar-refractivity contribution in [2.24, 2.45) is 5.92 Å². The summed E-state index contributed by atoms with van der Waals surface area (Å²) < 4.78 is 0. The first-order valence-corrected chi connectivity index (χ1v) is 11.2. The van der Waals surface area contributed by atoms with E-state index in [0.717, 1.165) is 38.2 Å². The molecule has 4 heteroatoms. The first-order chi connectivity index (χ1) is 14.3. The Kier molecular flexibility index (Phi) is 7.54. The molecule has 4 nitrogen and oxygen atoms in total. The highest BCUT2D eigenvalue weighted by atomic mass is 16.2. The Labute approximate surface area is 182 Å². The first-order valence-electron chi connectivity index (χ1n) is 11.2. The zero-order valence-corrected chi connectivity index (χ0v) is 19.3. The van der Waals surface area contributed by atoms with E-state index in [2.05, 4.69) is 98.1 Å². The fourth-order valence-electron chi connectivity index (χ4n) is 4.20. The summed E-state index contributed by atoms with van der Waals surface area (Å²) in [6.45, 7) is 9.36. The average Bonchev–Trinajstić information content (AvgIpc) is 2.71. The molecule has 0 aromatic heterocycles. The molecule has 1 aliphatic heterocycles. The summed E-state index contributed by atoms with van der Waals surface area (Å²) in [6, 6.07) is 17.5. The molecule has 1 heterocycles. The number of hydrogen-bond donors (Lipinski definition) is 0. The van der Waals surface area contributed by atoms with E-state index in [-0.39, 0.29) is 11.9 Å². The van der Waals surface area contributed by atoms with Crippen molar-refractivity contribution in [3.63, 3.8) is 0 Å². The van der Waals surface area contributed by atoms with E-state index < -0.39 is 0 Å². The normalized spacial score (nSPS) is 15.4. The molecule has 30 heavy (non-hydrogen) atoms. The third kappa shape index (κ3) is 5.85. The van der Waals surface area contributed by atoms with Crippen molar-refractivity contribution in [3.8, 4) is 0 Å². The van der Waals surface area contributed by atoms with Crippen molar-refractivity contribution in [2.45, 2.75) is 52.6 Å². The topological polar surface area (TPSA) is 26.8 Å². The number of carbonyl (C=O) groups excluding carboxylic acids is 1. The molecule has 0 atom stereocenters. The van der Waals surface area contributed by atoms with Gasteiger partial charge in [-0.25, -0.2) is 0 Å². The molecule has 162 valence electrons. The SMILES string of the molecule is Cc1ccc(N(C(=O)CC(C)C)C2CCN(Cc3ccc(N(C)C)cc3)CC2)cc1. The first kappa shape index (κ1) is 22.4. The van der Waals surface area contributed by atoms with Crippen molar-refractivity contribution in [1.29, 1.82) is 0 Å². The van der Waals surface area contributed by atoms with Crippen LogP contribution in [0.25, 0.3) is 0 Å². The molecule has 2 aromatic carbocycles. The summed E-state index contributed by atoms with van der Waals surface area (Å²) in [4.78, 5) is 19.8. The summed E-state index contributed by atoms with van der Waals surface area (Å²) in [5, 5.41) is 0. The second kappa shape index (κ2) is 10.1. The molecule has 1 fully saturated rings. The van der Waals surface area contributed by atoms with Gasteiger partial charge in [0.05, 0.1) is 0 Å². The number of likely N-dealkylation sites (tertiary alicyclic amines) is 1. The molecule has 0 saturated carbocycles. The van der Waals surface area contributed by atoms with Gasteiger partial charge in [-0.15, -0.1) is 0 Å². The standard InChI is InChI=1S/C26H37N3O/c1-20(2)18-26(30)29(24-10-6-21(3)7-11-24)25-14-16-28(17-15-25)19-22-8-12-23(13-9-22)27(4)5/h6-13,20,25H,14-19H2,1-5H3. The number of benzene rings is 2. The van der Waals surface area contributed by atoms with Crippen molar-refractivity contribution in [1.82, 2.24) is 4.90 Å². The predicted molar refractivity (Wildman–Crippen MR) is 127 cm³/mol. The number of hydrogen-bond acceptors (Lipinski definition) is 3. The molecule has 1 amide bonds. The van der Waals surface area contributed by atoms with Crippen LogP contribution in [0.15, 0.2) is 48.5 Å². The Bertz CT molecular complexity index is 803. The number of carbonyl (C=O) groups is 1. The highest BCUT2D eigenvalue weighted by Gasteiger charge is 2.29. The van der Waals surface area contributed by atoms with Gasteiger partial charge in [0, 0.05) is 57.6 Å². The third-order valence-electron chi connectivity index (χ3n) is 5.94. The monoisotopic (exact) mass is 407 g/mol. The van der Waals surface area contributed by atoms with Gasteiger partial charge in [0.2, 0.25) is 5.91 Å². The van der Waals surface area contributed by atoms with Crippen LogP contribution in [-0.4, -0.2) is 44.0 Å². The van der Waals surface area contributed by atoms with Crippen molar-refractivity contribution in [3.05, 3.63) is 59.7 Å². The lowest BCUT2D eigenvalue weighted by Crippen LogP contribution is -2.47. The lowest BCUT2D eigenvalue weighted by molar-refractivity contribution is -0.120. The third-order valence-corrected chi connectivity index (χ3v) is 5.94. The molecule has 1 saturated heterocycles. The summed E-state index contributed by atoms with van der Waals surface area (Å²) in [5.74, 6) is 0.627. The van der Waals surface area contributed by atoms with E-state index in [9.17, 15) is 4.79 Å². The lowest BCUT2D eigenvalue weighted by atomic mass is 9.99. The van der Waals surface area contributed by atoms with Crippen LogP contribution in [0.3, 0.4) is 0 Å². The number of nitrogens with zero attached hydrogens (tertiary/aromatic N) is 3. The maximum Gasteiger partial charge on any atom is 0.227 e. The van der Waals surface area contributed by atoms with E-state index in [1.54, 1.807) is 0 Å². The van der Waals surface area contributed by atoms with E-state index in [1.165, 1.54) is 16.8 Å². The number of piperidine rings is 1. The van der Waals surface area contributed by atoms with E-state index in [0.29, 0.717) is 12.3 Å². The fraction of sp³-hybridized carbons (Fsp3) is 0.500. The van der Waals surface area contributed by atoms with Gasteiger partial charge in [-0.2, -0.15) is 0 Å². The van der Waals surface area contributed by atoms with Crippen molar-refractivity contribution < 1.29 is 4.79 Å². The summed E-state index contributed by atoms with van der Waals surface area (Å²) in [7, 11) is 4.14.